The van der Waals surface area contributed by atoms with Crippen LogP contribution in [-0.2, 0) is 20.6 Å². The molecule has 7 heteroatoms. The van der Waals surface area contributed by atoms with Gasteiger partial charge < -0.3 is 5.11 Å². The summed E-state index contributed by atoms with van der Waals surface area (Å²) < 4.78 is 25.4. The molecule has 0 heterocycles. The topological polar surface area (TPSA) is 98.5 Å². The third-order valence-electron chi connectivity index (χ3n) is 2.58. The Hall–Kier alpha value is -1.91. The smallest absolute Gasteiger partial charge is 0.318 e. The van der Waals surface area contributed by atoms with Crippen molar-refractivity contribution in [3.05, 3.63) is 35.4 Å². The summed E-state index contributed by atoms with van der Waals surface area (Å²) in [7, 11) is -3.71. The molecule has 0 amide bonds. The lowest BCUT2D eigenvalue weighted by Crippen LogP contribution is -2.37. The summed E-state index contributed by atoms with van der Waals surface area (Å²) in [4.78, 5) is 10.7. The standard InChI is InChI=1S/C13H16N2O4S/c1-2-6-15(9-13(16)17)20(18,19)10-12-5-3-4-11(7-12)8-14/h3-5,7H,2,6,9-10H2,1H3,(H,16,17). The molecular formula is C13H16N2O4S. The molecule has 0 atom stereocenters. The molecule has 20 heavy (non-hydrogen) atoms. The maximum Gasteiger partial charge on any atom is 0.318 e. The molecule has 0 fully saturated rings. The zero-order chi connectivity index (χ0) is 15.2. The molecule has 0 aliphatic carbocycles. The molecule has 0 saturated carbocycles. The first-order valence-electron chi connectivity index (χ1n) is 6.07. The molecule has 1 aromatic rings. The second-order valence-electron chi connectivity index (χ2n) is 4.30. The van der Waals surface area contributed by atoms with E-state index >= 15 is 0 Å². The highest BCUT2D eigenvalue weighted by molar-refractivity contribution is 7.88. The third-order valence-corrected chi connectivity index (χ3v) is 4.38. The highest BCUT2D eigenvalue weighted by Crippen LogP contribution is 2.13. The Kier molecular flexibility index (Phi) is 5.67. The molecule has 0 bridgehead atoms. The molecule has 0 spiro atoms. The predicted octanol–water partition coefficient (Wildman–Crippen LogP) is 1.18. The zero-order valence-electron chi connectivity index (χ0n) is 11.1. The summed E-state index contributed by atoms with van der Waals surface area (Å²) in [6.07, 6.45) is 0.532. The molecule has 108 valence electrons. The Bertz CT molecular complexity index is 620. The predicted molar refractivity (Wildman–Crippen MR) is 73.3 cm³/mol. The van der Waals surface area contributed by atoms with E-state index in [9.17, 15) is 13.2 Å². The third kappa shape index (κ3) is 4.64. The fourth-order valence-corrected chi connectivity index (χ4v) is 3.30. The lowest BCUT2D eigenvalue weighted by molar-refractivity contribution is -0.137. The number of hydrogen-bond acceptors (Lipinski definition) is 4. The normalized spacial score (nSPS) is 11.2. The summed E-state index contributed by atoms with van der Waals surface area (Å²) >= 11 is 0. The van der Waals surface area contributed by atoms with E-state index in [2.05, 4.69) is 0 Å². The molecule has 0 radical (unpaired) electrons. The summed E-state index contributed by atoms with van der Waals surface area (Å²) in [5.74, 6) is -1.50. The fraction of sp³-hybridized carbons (Fsp3) is 0.385. The van der Waals surface area contributed by atoms with Crippen molar-refractivity contribution >= 4 is 16.0 Å². The van der Waals surface area contributed by atoms with Crippen LogP contribution in [0.4, 0.5) is 0 Å². The monoisotopic (exact) mass is 296 g/mol. The minimum atomic E-state index is -3.71. The average molecular weight is 296 g/mol. The van der Waals surface area contributed by atoms with Gasteiger partial charge >= 0.3 is 5.97 Å². The molecule has 0 unspecified atom stereocenters. The van der Waals surface area contributed by atoms with Crippen molar-refractivity contribution in [3.63, 3.8) is 0 Å². The van der Waals surface area contributed by atoms with E-state index < -0.39 is 22.5 Å². The second kappa shape index (κ2) is 7.03. The van der Waals surface area contributed by atoms with Crippen LogP contribution in [0.25, 0.3) is 0 Å². The van der Waals surface area contributed by atoms with Gasteiger partial charge in [0.1, 0.15) is 6.54 Å². The first-order valence-corrected chi connectivity index (χ1v) is 7.68. The summed E-state index contributed by atoms with van der Waals surface area (Å²) in [5, 5.41) is 17.6. The van der Waals surface area contributed by atoms with Crippen LogP contribution in [0, 0.1) is 11.3 Å². The van der Waals surface area contributed by atoms with Gasteiger partial charge in [-0.15, -0.1) is 0 Å². The van der Waals surface area contributed by atoms with Gasteiger partial charge in [0.05, 0.1) is 17.4 Å². The quantitative estimate of drug-likeness (QED) is 0.814. The minimum absolute atomic E-state index is 0.159. The van der Waals surface area contributed by atoms with Crippen molar-refractivity contribution in [1.82, 2.24) is 4.31 Å². The number of carbonyl (C=O) groups is 1. The van der Waals surface area contributed by atoms with Crippen molar-refractivity contribution in [3.8, 4) is 6.07 Å². The van der Waals surface area contributed by atoms with Gasteiger partial charge in [-0.05, 0) is 24.1 Å². The number of carboxylic acid groups (broad SMARTS) is 1. The van der Waals surface area contributed by atoms with Gasteiger partial charge in [-0.25, -0.2) is 8.42 Å². The molecular weight excluding hydrogens is 280 g/mol. The van der Waals surface area contributed by atoms with Gasteiger partial charge in [0.15, 0.2) is 0 Å². The number of sulfonamides is 1. The van der Waals surface area contributed by atoms with E-state index in [1.165, 1.54) is 6.07 Å². The molecule has 0 aliphatic rings. The van der Waals surface area contributed by atoms with E-state index in [-0.39, 0.29) is 12.3 Å². The number of nitriles is 1. The largest absolute Gasteiger partial charge is 0.480 e. The van der Waals surface area contributed by atoms with E-state index in [1.807, 2.05) is 6.07 Å². The zero-order valence-corrected chi connectivity index (χ0v) is 11.9. The average Bonchev–Trinajstić information content (AvgIpc) is 2.37. The number of rotatable bonds is 7. The lowest BCUT2D eigenvalue weighted by atomic mass is 10.2. The Balaban J connectivity index is 2.96. The van der Waals surface area contributed by atoms with Crippen molar-refractivity contribution in [2.24, 2.45) is 0 Å². The van der Waals surface area contributed by atoms with Crippen molar-refractivity contribution < 1.29 is 18.3 Å². The summed E-state index contributed by atoms with van der Waals surface area (Å²) in [6, 6.07) is 8.21. The number of hydrogen-bond donors (Lipinski definition) is 1. The van der Waals surface area contributed by atoms with Gasteiger partial charge in [-0.3, -0.25) is 4.79 Å². The first kappa shape index (κ1) is 16.1. The van der Waals surface area contributed by atoms with Crippen LogP contribution < -0.4 is 0 Å². The maximum atomic E-state index is 12.2. The van der Waals surface area contributed by atoms with Gasteiger partial charge in [0, 0.05) is 6.54 Å². The summed E-state index contributed by atoms with van der Waals surface area (Å²) in [5.41, 5.74) is 0.841. The van der Waals surface area contributed by atoms with Crippen LogP contribution in [0.2, 0.25) is 0 Å². The maximum absolute atomic E-state index is 12.2. The van der Waals surface area contributed by atoms with Gasteiger partial charge in [-0.1, -0.05) is 19.1 Å². The molecule has 1 rings (SSSR count). The lowest BCUT2D eigenvalue weighted by Gasteiger charge is -2.19. The molecule has 0 saturated heterocycles. The van der Waals surface area contributed by atoms with Gasteiger partial charge in [-0.2, -0.15) is 9.57 Å². The summed E-state index contributed by atoms with van der Waals surface area (Å²) in [6.45, 7) is 1.39. The molecule has 1 N–H and O–H groups in total. The molecule has 1 aromatic carbocycles. The van der Waals surface area contributed by atoms with Gasteiger partial charge in [0.2, 0.25) is 10.0 Å². The Morgan fingerprint density at radius 2 is 2.15 bits per heavy atom. The first-order chi connectivity index (χ1) is 9.39. The Morgan fingerprint density at radius 3 is 2.70 bits per heavy atom. The van der Waals surface area contributed by atoms with E-state index in [0.29, 0.717) is 17.5 Å². The number of nitrogens with zero attached hydrogens (tertiary/aromatic N) is 2. The highest BCUT2D eigenvalue weighted by Gasteiger charge is 2.24. The Morgan fingerprint density at radius 1 is 1.45 bits per heavy atom. The molecule has 6 nitrogen and oxygen atoms in total. The number of carboxylic acids is 1. The van der Waals surface area contributed by atoms with Crippen LogP contribution in [0.3, 0.4) is 0 Å². The second-order valence-corrected chi connectivity index (χ2v) is 6.26. The van der Waals surface area contributed by atoms with Crippen LogP contribution in [0.1, 0.15) is 24.5 Å². The number of benzene rings is 1. The minimum Gasteiger partial charge on any atom is -0.480 e. The SMILES string of the molecule is CCCN(CC(=O)O)S(=O)(=O)Cc1cccc(C#N)c1. The number of aliphatic carboxylic acids is 1. The van der Waals surface area contributed by atoms with Crippen LogP contribution >= 0.6 is 0 Å². The van der Waals surface area contributed by atoms with Crippen LogP contribution in [0.15, 0.2) is 24.3 Å². The Labute approximate surface area is 118 Å². The van der Waals surface area contributed by atoms with Crippen molar-refractivity contribution in [2.45, 2.75) is 19.1 Å². The molecule has 0 aromatic heterocycles. The fourth-order valence-electron chi connectivity index (χ4n) is 1.75. The van der Waals surface area contributed by atoms with Crippen LogP contribution in [-0.4, -0.2) is 36.9 Å². The van der Waals surface area contributed by atoms with E-state index in [1.54, 1.807) is 25.1 Å². The van der Waals surface area contributed by atoms with Crippen molar-refractivity contribution in [1.29, 1.82) is 5.26 Å². The van der Waals surface area contributed by atoms with Crippen LogP contribution in [0.5, 0.6) is 0 Å². The molecule has 0 aliphatic heterocycles. The van der Waals surface area contributed by atoms with E-state index in [0.717, 1.165) is 4.31 Å². The highest BCUT2D eigenvalue weighted by atomic mass is 32.2. The van der Waals surface area contributed by atoms with E-state index in [4.69, 9.17) is 10.4 Å². The van der Waals surface area contributed by atoms with Crippen molar-refractivity contribution in [2.75, 3.05) is 13.1 Å². The van der Waals surface area contributed by atoms with Gasteiger partial charge in [0.25, 0.3) is 0 Å².